The predicted molar refractivity (Wildman–Crippen MR) is 133 cm³/mol. The van der Waals surface area contributed by atoms with Gasteiger partial charge in [-0.15, -0.1) is 0 Å². The van der Waals surface area contributed by atoms with Crippen molar-refractivity contribution in [3.63, 3.8) is 0 Å². The number of likely N-dealkylation sites (tertiary alicyclic amines) is 2. The van der Waals surface area contributed by atoms with E-state index in [2.05, 4.69) is 22.1 Å². The normalized spacial score (nSPS) is 21.3. The highest BCUT2D eigenvalue weighted by Gasteiger charge is 2.30. The molecule has 0 bridgehead atoms. The number of carbonyl (C=O) groups is 2. The average Bonchev–Trinajstić information content (AvgIpc) is 3.30. The number of amides is 2. The van der Waals surface area contributed by atoms with Crippen molar-refractivity contribution in [1.29, 1.82) is 0 Å². The molecule has 6 heteroatoms. The molecule has 180 valence electrons. The van der Waals surface area contributed by atoms with Crippen molar-refractivity contribution in [1.82, 2.24) is 20.1 Å². The fourth-order valence-electron chi connectivity index (χ4n) is 5.65. The highest BCUT2D eigenvalue weighted by Crippen LogP contribution is 2.27. The molecule has 33 heavy (non-hydrogen) atoms. The number of aromatic nitrogens is 1. The number of carbonyl (C=O) groups excluding carboxylic acids is 2. The minimum Gasteiger partial charge on any atom is -0.356 e. The van der Waals surface area contributed by atoms with E-state index in [0.29, 0.717) is 24.7 Å². The van der Waals surface area contributed by atoms with Crippen molar-refractivity contribution < 1.29 is 9.59 Å². The molecule has 4 rings (SSSR count). The number of H-pyrrole nitrogens is 1. The van der Waals surface area contributed by atoms with E-state index >= 15 is 0 Å². The molecular formula is C27H40N4O2. The van der Waals surface area contributed by atoms with E-state index in [4.69, 9.17) is 0 Å². The molecule has 2 aromatic rings. The van der Waals surface area contributed by atoms with Crippen LogP contribution in [0.1, 0.15) is 69.3 Å². The third-order valence-corrected chi connectivity index (χ3v) is 7.85. The van der Waals surface area contributed by atoms with Crippen molar-refractivity contribution >= 4 is 22.7 Å². The van der Waals surface area contributed by atoms with E-state index in [-0.39, 0.29) is 17.7 Å². The molecule has 2 saturated heterocycles. The Kier molecular flexibility index (Phi) is 8.07. The Morgan fingerprint density at radius 1 is 1.12 bits per heavy atom. The zero-order valence-corrected chi connectivity index (χ0v) is 20.3. The first kappa shape index (κ1) is 23.8. The largest absolute Gasteiger partial charge is 0.356 e. The van der Waals surface area contributed by atoms with Crippen LogP contribution in [0.3, 0.4) is 0 Å². The van der Waals surface area contributed by atoms with E-state index in [0.717, 1.165) is 49.3 Å². The van der Waals surface area contributed by atoms with Gasteiger partial charge in [0, 0.05) is 49.0 Å². The summed E-state index contributed by atoms with van der Waals surface area (Å²) in [6.07, 6.45) is 7.99. The van der Waals surface area contributed by atoms with Crippen LogP contribution in [0.25, 0.3) is 10.9 Å². The quantitative estimate of drug-likeness (QED) is 0.583. The standard InChI is InChI=1S/C27H40N4O2/c1-3-23-10-6-7-15-30(23)16-8-14-28-26(32)20(2)21-12-17-31(18-13-21)27(33)25-19-22-9-4-5-11-24(22)29-25/h4-5,9,11,19-21,23,29H,3,6-8,10,12-18H2,1-2H3,(H,28,32)/t20-,23+/m1/s1. The summed E-state index contributed by atoms with van der Waals surface area (Å²) in [5.41, 5.74) is 1.64. The lowest BCUT2D eigenvalue weighted by molar-refractivity contribution is -0.126. The summed E-state index contributed by atoms with van der Waals surface area (Å²) in [4.78, 5) is 33.5. The molecule has 0 radical (unpaired) electrons. The van der Waals surface area contributed by atoms with Crippen LogP contribution in [0.15, 0.2) is 30.3 Å². The van der Waals surface area contributed by atoms with Gasteiger partial charge < -0.3 is 20.1 Å². The number of hydrogen-bond donors (Lipinski definition) is 2. The van der Waals surface area contributed by atoms with Gasteiger partial charge in [0.1, 0.15) is 5.69 Å². The van der Waals surface area contributed by atoms with Crippen molar-refractivity contribution in [2.45, 2.75) is 64.8 Å². The van der Waals surface area contributed by atoms with Gasteiger partial charge in [0.2, 0.25) is 5.91 Å². The summed E-state index contributed by atoms with van der Waals surface area (Å²) in [5, 5.41) is 4.24. The Hall–Kier alpha value is -2.34. The van der Waals surface area contributed by atoms with Crippen LogP contribution in [-0.2, 0) is 4.79 Å². The molecule has 2 aliphatic heterocycles. The van der Waals surface area contributed by atoms with Crippen LogP contribution in [-0.4, -0.2) is 65.4 Å². The van der Waals surface area contributed by atoms with Crippen LogP contribution >= 0.6 is 0 Å². The Balaban J connectivity index is 1.19. The summed E-state index contributed by atoms with van der Waals surface area (Å²) >= 11 is 0. The highest BCUT2D eigenvalue weighted by atomic mass is 16.2. The van der Waals surface area contributed by atoms with E-state index in [1.165, 1.54) is 32.2 Å². The topological polar surface area (TPSA) is 68.4 Å². The molecule has 6 nitrogen and oxygen atoms in total. The maximum atomic E-state index is 12.9. The van der Waals surface area contributed by atoms with Gasteiger partial charge in [0.05, 0.1) is 0 Å². The lowest BCUT2D eigenvalue weighted by atomic mass is 9.84. The number of para-hydroxylation sites is 1. The number of rotatable bonds is 8. The van der Waals surface area contributed by atoms with Crippen LogP contribution in [0, 0.1) is 11.8 Å². The number of aromatic amines is 1. The number of piperidine rings is 2. The Bertz CT molecular complexity index is 898. The zero-order chi connectivity index (χ0) is 23.2. The summed E-state index contributed by atoms with van der Waals surface area (Å²) < 4.78 is 0. The molecule has 1 aromatic heterocycles. The molecule has 2 atom stereocenters. The van der Waals surface area contributed by atoms with E-state index < -0.39 is 0 Å². The highest BCUT2D eigenvalue weighted by molar-refractivity contribution is 5.98. The lowest BCUT2D eigenvalue weighted by Crippen LogP contribution is -2.43. The number of nitrogens with zero attached hydrogens (tertiary/aromatic N) is 2. The molecular weight excluding hydrogens is 412 g/mol. The molecule has 3 heterocycles. The molecule has 0 spiro atoms. The second kappa shape index (κ2) is 11.2. The molecule has 2 aliphatic rings. The van der Waals surface area contributed by atoms with Gasteiger partial charge in [0.25, 0.3) is 5.91 Å². The summed E-state index contributed by atoms with van der Waals surface area (Å²) in [5.74, 6) is 0.558. The van der Waals surface area contributed by atoms with Gasteiger partial charge in [-0.3, -0.25) is 9.59 Å². The van der Waals surface area contributed by atoms with Crippen molar-refractivity contribution in [2.75, 3.05) is 32.7 Å². The molecule has 2 amide bonds. The van der Waals surface area contributed by atoms with Crippen LogP contribution < -0.4 is 5.32 Å². The molecule has 1 aromatic carbocycles. The van der Waals surface area contributed by atoms with Crippen LogP contribution in [0.5, 0.6) is 0 Å². The first-order valence-corrected chi connectivity index (χ1v) is 13.0. The van der Waals surface area contributed by atoms with Crippen molar-refractivity contribution in [2.24, 2.45) is 11.8 Å². The lowest BCUT2D eigenvalue weighted by Gasteiger charge is -2.35. The SMILES string of the molecule is CC[C@H]1CCCCN1CCCNC(=O)[C@H](C)C1CCN(C(=O)c2cc3ccccc3[nH]2)CC1. The maximum Gasteiger partial charge on any atom is 0.270 e. The third kappa shape index (κ3) is 5.78. The molecule has 2 N–H and O–H groups in total. The van der Waals surface area contributed by atoms with Crippen LogP contribution in [0.4, 0.5) is 0 Å². The fourth-order valence-corrected chi connectivity index (χ4v) is 5.65. The summed E-state index contributed by atoms with van der Waals surface area (Å²) in [6, 6.07) is 10.6. The second-order valence-electron chi connectivity index (χ2n) is 9.93. The van der Waals surface area contributed by atoms with E-state index in [1.54, 1.807) is 0 Å². The van der Waals surface area contributed by atoms with Gasteiger partial charge in [0.15, 0.2) is 0 Å². The van der Waals surface area contributed by atoms with Gasteiger partial charge in [-0.25, -0.2) is 0 Å². The first-order valence-electron chi connectivity index (χ1n) is 13.0. The van der Waals surface area contributed by atoms with Crippen molar-refractivity contribution in [3.05, 3.63) is 36.0 Å². The zero-order valence-electron chi connectivity index (χ0n) is 20.3. The monoisotopic (exact) mass is 452 g/mol. The Labute approximate surface area is 198 Å². The first-order chi connectivity index (χ1) is 16.1. The third-order valence-electron chi connectivity index (χ3n) is 7.85. The summed E-state index contributed by atoms with van der Waals surface area (Å²) in [6.45, 7) is 8.81. The van der Waals surface area contributed by atoms with Gasteiger partial charge in [-0.2, -0.15) is 0 Å². The van der Waals surface area contributed by atoms with E-state index in [1.807, 2.05) is 42.2 Å². The second-order valence-corrected chi connectivity index (χ2v) is 9.93. The maximum absolute atomic E-state index is 12.9. The Morgan fingerprint density at radius 2 is 1.91 bits per heavy atom. The molecule has 0 unspecified atom stereocenters. The Morgan fingerprint density at radius 3 is 2.67 bits per heavy atom. The molecule has 0 aliphatic carbocycles. The minimum atomic E-state index is -0.00583. The number of fused-ring (bicyclic) bond motifs is 1. The smallest absolute Gasteiger partial charge is 0.270 e. The minimum absolute atomic E-state index is 0.00583. The molecule has 0 saturated carbocycles. The average molecular weight is 453 g/mol. The van der Waals surface area contributed by atoms with Gasteiger partial charge in [-0.1, -0.05) is 38.5 Å². The number of hydrogen-bond acceptors (Lipinski definition) is 3. The summed E-state index contributed by atoms with van der Waals surface area (Å²) in [7, 11) is 0. The van der Waals surface area contributed by atoms with Gasteiger partial charge in [-0.05, 0) is 63.1 Å². The molecule has 2 fully saturated rings. The number of benzene rings is 1. The number of nitrogens with one attached hydrogen (secondary N) is 2. The van der Waals surface area contributed by atoms with E-state index in [9.17, 15) is 9.59 Å². The predicted octanol–water partition coefficient (Wildman–Crippen LogP) is 4.43. The fraction of sp³-hybridized carbons (Fsp3) is 0.630. The van der Waals surface area contributed by atoms with Gasteiger partial charge >= 0.3 is 0 Å². The van der Waals surface area contributed by atoms with Crippen molar-refractivity contribution in [3.8, 4) is 0 Å². The van der Waals surface area contributed by atoms with Crippen LogP contribution in [0.2, 0.25) is 0 Å².